The van der Waals surface area contributed by atoms with Gasteiger partial charge in [0.05, 0.1) is 51.7 Å². The number of piperidine rings is 1. The van der Waals surface area contributed by atoms with Crippen molar-refractivity contribution in [2.75, 3.05) is 46.1 Å². The number of rotatable bonds is 18. The summed E-state index contributed by atoms with van der Waals surface area (Å²) in [4.78, 5) is 15.3. The van der Waals surface area contributed by atoms with Gasteiger partial charge in [0.1, 0.15) is 11.4 Å². The Bertz CT molecular complexity index is 1720. The normalized spacial score (nSPS) is 20.4. The Kier molecular flexibility index (Phi) is 15.4. The molecule has 4 aromatic rings. The van der Waals surface area contributed by atoms with E-state index in [1.54, 1.807) is 4.90 Å². The van der Waals surface area contributed by atoms with Crippen LogP contribution < -0.4 is 4.74 Å². The van der Waals surface area contributed by atoms with Crippen molar-refractivity contribution in [3.05, 3.63) is 114 Å². The van der Waals surface area contributed by atoms with Crippen molar-refractivity contribution in [2.45, 2.75) is 103 Å². The summed E-state index contributed by atoms with van der Waals surface area (Å²) in [5.74, 6) is 0.664. The third-order valence-corrected chi connectivity index (χ3v) is 9.92. The Hall–Kier alpha value is -3.99. The van der Waals surface area contributed by atoms with Crippen LogP contribution in [0.3, 0.4) is 0 Å². The molecule has 1 amide bonds. The molecular weight excluding hydrogens is 695 g/mol. The topological polar surface area (TPSA) is 84.9 Å². The van der Waals surface area contributed by atoms with Gasteiger partial charge in [-0.25, -0.2) is 4.79 Å². The number of benzene rings is 4. The molecule has 6 rings (SSSR count). The fraction of sp³-hybridized carbons (Fsp3) is 0.500. The first-order chi connectivity index (χ1) is 26.8. The van der Waals surface area contributed by atoms with Crippen molar-refractivity contribution in [2.24, 2.45) is 0 Å². The Morgan fingerprint density at radius 2 is 1.44 bits per heavy atom. The number of amides is 1. The van der Waals surface area contributed by atoms with Crippen LogP contribution in [0.5, 0.6) is 5.75 Å². The Morgan fingerprint density at radius 1 is 0.709 bits per heavy atom. The smallest absolute Gasteiger partial charge is 0.410 e. The van der Waals surface area contributed by atoms with E-state index in [0.29, 0.717) is 52.7 Å². The molecule has 0 N–H and O–H groups in total. The molecule has 0 radical (unpaired) electrons. The van der Waals surface area contributed by atoms with Crippen molar-refractivity contribution in [3.8, 4) is 5.75 Å². The highest BCUT2D eigenvalue weighted by Gasteiger charge is 2.42. The highest BCUT2D eigenvalue weighted by atomic mass is 16.7. The van der Waals surface area contributed by atoms with Crippen LogP contribution in [-0.4, -0.2) is 81.2 Å². The van der Waals surface area contributed by atoms with Crippen LogP contribution in [0, 0.1) is 0 Å². The predicted octanol–water partition coefficient (Wildman–Crippen LogP) is 9.45. The van der Waals surface area contributed by atoms with E-state index >= 15 is 0 Å². The summed E-state index contributed by atoms with van der Waals surface area (Å²) in [7, 11) is 0. The van der Waals surface area contributed by atoms with Gasteiger partial charge in [-0.2, -0.15) is 0 Å². The number of carbonyl (C=O) groups is 1. The van der Waals surface area contributed by atoms with E-state index in [1.165, 1.54) is 5.39 Å². The van der Waals surface area contributed by atoms with Crippen LogP contribution in [0.2, 0.25) is 0 Å². The number of hydrogen-bond donors (Lipinski definition) is 0. The quantitative estimate of drug-likeness (QED) is 0.0930. The first-order valence-corrected chi connectivity index (χ1v) is 20.1. The van der Waals surface area contributed by atoms with E-state index in [2.05, 4.69) is 54.6 Å². The van der Waals surface area contributed by atoms with E-state index in [4.69, 9.17) is 33.2 Å². The lowest BCUT2D eigenvalue weighted by atomic mass is 9.84. The van der Waals surface area contributed by atoms with Crippen LogP contribution in [0.25, 0.3) is 10.8 Å². The van der Waals surface area contributed by atoms with Crippen LogP contribution in [0.1, 0.15) is 81.9 Å². The summed E-state index contributed by atoms with van der Waals surface area (Å²) in [5, 5.41) is 2.35. The zero-order valence-electron chi connectivity index (χ0n) is 32.9. The Balaban J connectivity index is 1.13. The lowest BCUT2D eigenvalue weighted by molar-refractivity contribution is -0.163. The van der Waals surface area contributed by atoms with Gasteiger partial charge >= 0.3 is 6.09 Å². The number of ether oxygens (including phenoxy) is 7. The summed E-state index contributed by atoms with van der Waals surface area (Å²) < 4.78 is 43.0. The van der Waals surface area contributed by atoms with Gasteiger partial charge in [0.25, 0.3) is 0 Å². The summed E-state index contributed by atoms with van der Waals surface area (Å²) in [6.45, 7) is 10.5. The number of nitrogens with zero attached hydrogens (tertiary/aromatic N) is 1. The average molecular weight is 754 g/mol. The first-order valence-electron chi connectivity index (χ1n) is 20.1. The minimum atomic E-state index is -0.627. The molecule has 9 heteroatoms. The molecule has 0 aromatic heterocycles. The van der Waals surface area contributed by atoms with Crippen molar-refractivity contribution in [3.63, 3.8) is 0 Å². The maximum absolute atomic E-state index is 13.6. The highest BCUT2D eigenvalue weighted by molar-refractivity contribution is 5.82. The van der Waals surface area contributed by atoms with E-state index in [1.807, 2.05) is 63.2 Å². The molecule has 2 saturated heterocycles. The minimum Gasteiger partial charge on any atom is -0.494 e. The summed E-state index contributed by atoms with van der Waals surface area (Å²) in [5.41, 5.74) is 2.69. The lowest BCUT2D eigenvalue weighted by Crippen LogP contribution is -2.55. The fourth-order valence-corrected chi connectivity index (χ4v) is 7.12. The van der Waals surface area contributed by atoms with E-state index in [0.717, 1.165) is 73.0 Å². The molecule has 55 heavy (non-hydrogen) atoms. The standard InChI is InChI=1S/C46H59NO8/c1-46(2,3)55-45(48)47-31-41(51-26-11-12-28-53-43-18-9-10-27-52-43)44(42(32-47)54-34-36-19-20-37-16-7-8-17-39(37)30-36)38-21-23-40(24-22-38)50-29-13-25-49-33-35-14-5-4-6-15-35/h4-8,14-17,19-24,30,41-44H,9-13,18,25-29,31-34H2,1-3H3. The third-order valence-electron chi connectivity index (χ3n) is 9.92. The molecule has 9 nitrogen and oxygen atoms in total. The predicted molar refractivity (Wildman–Crippen MR) is 214 cm³/mol. The zero-order chi connectivity index (χ0) is 38.3. The number of unbranched alkanes of at least 4 members (excludes halogenated alkanes) is 1. The van der Waals surface area contributed by atoms with Crippen molar-refractivity contribution >= 4 is 16.9 Å². The number of likely N-dealkylation sites (tertiary alicyclic amines) is 1. The van der Waals surface area contributed by atoms with Gasteiger partial charge in [-0.3, -0.25) is 0 Å². The summed E-state index contributed by atoms with van der Waals surface area (Å²) in [6, 6.07) is 33.2. The minimum absolute atomic E-state index is 0.0970. The molecule has 2 fully saturated rings. The molecule has 2 aliphatic rings. The third kappa shape index (κ3) is 13.0. The van der Waals surface area contributed by atoms with Crippen molar-refractivity contribution < 1.29 is 38.0 Å². The monoisotopic (exact) mass is 753 g/mol. The number of carbonyl (C=O) groups excluding carboxylic acids is 1. The van der Waals surface area contributed by atoms with Crippen molar-refractivity contribution in [1.82, 2.24) is 4.90 Å². The van der Waals surface area contributed by atoms with Gasteiger partial charge in [-0.1, -0.05) is 78.9 Å². The maximum atomic E-state index is 13.6. The molecule has 2 aliphatic heterocycles. The van der Waals surface area contributed by atoms with Crippen LogP contribution in [-0.2, 0) is 41.6 Å². The summed E-state index contributed by atoms with van der Waals surface area (Å²) >= 11 is 0. The molecule has 4 atom stereocenters. The van der Waals surface area contributed by atoms with Crippen LogP contribution >= 0.6 is 0 Å². The van der Waals surface area contributed by atoms with Crippen LogP contribution in [0.4, 0.5) is 4.79 Å². The van der Waals surface area contributed by atoms with Crippen molar-refractivity contribution in [1.29, 1.82) is 0 Å². The number of fused-ring (bicyclic) bond motifs is 1. The van der Waals surface area contributed by atoms with E-state index < -0.39 is 5.60 Å². The van der Waals surface area contributed by atoms with Gasteiger partial charge in [-0.05, 0) is 98.5 Å². The van der Waals surface area contributed by atoms with Gasteiger partial charge < -0.3 is 38.1 Å². The van der Waals surface area contributed by atoms with Gasteiger partial charge in [-0.15, -0.1) is 0 Å². The lowest BCUT2D eigenvalue weighted by Gasteiger charge is -2.43. The molecule has 4 aromatic carbocycles. The molecule has 296 valence electrons. The molecular formula is C46H59NO8. The second-order valence-electron chi connectivity index (χ2n) is 15.5. The highest BCUT2D eigenvalue weighted by Crippen LogP contribution is 2.35. The Labute approximate surface area is 327 Å². The molecule has 0 spiro atoms. The largest absolute Gasteiger partial charge is 0.494 e. The number of hydrogen-bond acceptors (Lipinski definition) is 8. The van der Waals surface area contributed by atoms with E-state index in [-0.39, 0.29) is 30.5 Å². The van der Waals surface area contributed by atoms with Crippen LogP contribution in [0.15, 0.2) is 97.1 Å². The molecule has 4 unspecified atom stereocenters. The average Bonchev–Trinajstić information content (AvgIpc) is 3.20. The molecule has 2 heterocycles. The second kappa shape index (κ2) is 20.8. The van der Waals surface area contributed by atoms with Gasteiger partial charge in [0, 0.05) is 32.2 Å². The summed E-state index contributed by atoms with van der Waals surface area (Å²) in [6.07, 6.45) is 4.54. The Morgan fingerprint density at radius 3 is 2.18 bits per heavy atom. The maximum Gasteiger partial charge on any atom is 0.410 e. The fourth-order valence-electron chi connectivity index (χ4n) is 7.12. The SMILES string of the molecule is CC(C)(C)OC(=O)N1CC(OCCCCOC2CCCCO2)C(c2ccc(OCCCOCc3ccccc3)cc2)C(OCc2ccc3ccccc3c2)C1. The second-order valence-corrected chi connectivity index (χ2v) is 15.5. The first kappa shape index (κ1) is 40.7. The van der Waals surface area contributed by atoms with Gasteiger partial charge in [0.2, 0.25) is 0 Å². The zero-order valence-corrected chi connectivity index (χ0v) is 32.9. The van der Waals surface area contributed by atoms with Gasteiger partial charge in [0.15, 0.2) is 6.29 Å². The molecule has 0 aliphatic carbocycles. The molecule has 0 bridgehead atoms. The molecule has 0 saturated carbocycles. The van der Waals surface area contributed by atoms with E-state index in [9.17, 15) is 4.79 Å².